The first kappa shape index (κ1) is 10.9. The van der Waals surface area contributed by atoms with Gasteiger partial charge in [-0.2, -0.15) is 0 Å². The van der Waals surface area contributed by atoms with Gasteiger partial charge in [0.15, 0.2) is 0 Å². The molecular formula is C9H21NO. The highest BCUT2D eigenvalue weighted by Crippen LogP contribution is 2.21. The second-order valence-corrected chi connectivity index (χ2v) is 2.82. The fourth-order valence-corrected chi connectivity index (χ4v) is 1.42. The van der Waals surface area contributed by atoms with Gasteiger partial charge in [-0.25, -0.2) is 0 Å². The van der Waals surface area contributed by atoms with Crippen LogP contribution in [0.4, 0.5) is 0 Å². The SMILES string of the molecule is CC.CC[C@]1(CO)CCCN1. The zero-order chi connectivity index (χ0) is 8.74. The molecule has 1 saturated heterocycles. The van der Waals surface area contributed by atoms with Crippen molar-refractivity contribution in [1.82, 2.24) is 5.32 Å². The monoisotopic (exact) mass is 159 g/mol. The Bertz CT molecular complexity index is 81.6. The van der Waals surface area contributed by atoms with E-state index in [1.165, 1.54) is 6.42 Å². The van der Waals surface area contributed by atoms with E-state index in [0.29, 0.717) is 6.61 Å². The highest BCUT2D eigenvalue weighted by atomic mass is 16.3. The van der Waals surface area contributed by atoms with E-state index >= 15 is 0 Å². The molecule has 0 aromatic rings. The minimum atomic E-state index is 0.0833. The first-order chi connectivity index (χ1) is 5.33. The van der Waals surface area contributed by atoms with Crippen LogP contribution >= 0.6 is 0 Å². The third-order valence-corrected chi connectivity index (χ3v) is 2.31. The zero-order valence-electron chi connectivity index (χ0n) is 7.98. The van der Waals surface area contributed by atoms with Crippen molar-refractivity contribution in [3.05, 3.63) is 0 Å². The topological polar surface area (TPSA) is 32.3 Å². The molecule has 2 nitrogen and oxygen atoms in total. The number of aliphatic hydroxyl groups excluding tert-OH is 1. The van der Waals surface area contributed by atoms with Crippen LogP contribution in [0.1, 0.15) is 40.0 Å². The molecule has 1 heterocycles. The zero-order valence-corrected chi connectivity index (χ0v) is 7.98. The van der Waals surface area contributed by atoms with Crippen molar-refractivity contribution in [3.8, 4) is 0 Å². The van der Waals surface area contributed by atoms with Crippen molar-refractivity contribution in [2.24, 2.45) is 0 Å². The predicted octanol–water partition coefficient (Wildman–Crippen LogP) is 1.54. The Hall–Kier alpha value is -0.0800. The van der Waals surface area contributed by atoms with Crippen molar-refractivity contribution in [2.75, 3.05) is 13.2 Å². The maximum Gasteiger partial charge on any atom is 0.0613 e. The van der Waals surface area contributed by atoms with Crippen molar-refractivity contribution >= 4 is 0 Å². The molecule has 0 aliphatic carbocycles. The van der Waals surface area contributed by atoms with Crippen molar-refractivity contribution in [2.45, 2.75) is 45.6 Å². The normalized spacial score (nSPS) is 29.5. The number of aliphatic hydroxyl groups is 1. The molecule has 0 radical (unpaired) electrons. The lowest BCUT2D eigenvalue weighted by molar-refractivity contribution is 0.174. The summed E-state index contributed by atoms with van der Waals surface area (Å²) in [4.78, 5) is 0. The van der Waals surface area contributed by atoms with Crippen molar-refractivity contribution < 1.29 is 5.11 Å². The van der Waals surface area contributed by atoms with Gasteiger partial charge in [0.1, 0.15) is 0 Å². The van der Waals surface area contributed by atoms with Crippen LogP contribution in [0.15, 0.2) is 0 Å². The third kappa shape index (κ3) is 2.80. The summed E-state index contributed by atoms with van der Waals surface area (Å²) >= 11 is 0. The van der Waals surface area contributed by atoms with Crippen LogP contribution in [-0.2, 0) is 0 Å². The molecule has 0 spiro atoms. The van der Waals surface area contributed by atoms with Crippen LogP contribution in [0.2, 0.25) is 0 Å². The van der Waals surface area contributed by atoms with E-state index in [1.54, 1.807) is 0 Å². The quantitative estimate of drug-likeness (QED) is 0.640. The molecule has 68 valence electrons. The largest absolute Gasteiger partial charge is 0.394 e. The van der Waals surface area contributed by atoms with Crippen LogP contribution in [-0.4, -0.2) is 23.8 Å². The summed E-state index contributed by atoms with van der Waals surface area (Å²) in [5.41, 5.74) is 0.0833. The molecule has 1 fully saturated rings. The first-order valence-corrected chi connectivity index (χ1v) is 4.69. The van der Waals surface area contributed by atoms with Gasteiger partial charge in [0.2, 0.25) is 0 Å². The highest BCUT2D eigenvalue weighted by molar-refractivity contribution is 4.90. The summed E-state index contributed by atoms with van der Waals surface area (Å²) < 4.78 is 0. The molecule has 0 aromatic heterocycles. The number of nitrogens with one attached hydrogen (secondary N) is 1. The van der Waals surface area contributed by atoms with Crippen LogP contribution in [0, 0.1) is 0 Å². The Labute approximate surface area is 70.0 Å². The molecule has 2 N–H and O–H groups in total. The Morgan fingerprint density at radius 3 is 2.27 bits per heavy atom. The van der Waals surface area contributed by atoms with Gasteiger partial charge < -0.3 is 10.4 Å². The summed E-state index contributed by atoms with van der Waals surface area (Å²) in [6.07, 6.45) is 3.40. The van der Waals surface area contributed by atoms with E-state index < -0.39 is 0 Å². The maximum atomic E-state index is 8.95. The number of hydrogen-bond donors (Lipinski definition) is 2. The molecule has 1 rings (SSSR count). The van der Waals surface area contributed by atoms with E-state index in [4.69, 9.17) is 5.11 Å². The lowest BCUT2D eigenvalue weighted by atomic mass is 9.96. The van der Waals surface area contributed by atoms with E-state index in [-0.39, 0.29) is 5.54 Å². The molecule has 1 aliphatic heterocycles. The van der Waals surface area contributed by atoms with Gasteiger partial charge in [-0.15, -0.1) is 0 Å². The highest BCUT2D eigenvalue weighted by Gasteiger charge is 2.29. The van der Waals surface area contributed by atoms with Crippen LogP contribution in [0.5, 0.6) is 0 Å². The average Bonchev–Trinajstić information content (AvgIpc) is 2.57. The van der Waals surface area contributed by atoms with Gasteiger partial charge in [-0.1, -0.05) is 20.8 Å². The lowest BCUT2D eigenvalue weighted by Gasteiger charge is -2.24. The second-order valence-electron chi connectivity index (χ2n) is 2.82. The summed E-state index contributed by atoms with van der Waals surface area (Å²) in [6, 6.07) is 0. The van der Waals surface area contributed by atoms with Crippen molar-refractivity contribution in [3.63, 3.8) is 0 Å². The summed E-state index contributed by atoms with van der Waals surface area (Å²) in [5.74, 6) is 0. The van der Waals surface area contributed by atoms with Gasteiger partial charge >= 0.3 is 0 Å². The molecule has 2 heteroatoms. The summed E-state index contributed by atoms with van der Waals surface area (Å²) in [5, 5.41) is 12.3. The van der Waals surface area contributed by atoms with Gasteiger partial charge in [0.05, 0.1) is 6.61 Å². The molecule has 0 amide bonds. The lowest BCUT2D eigenvalue weighted by Crippen LogP contribution is -2.42. The second kappa shape index (κ2) is 5.56. The molecule has 0 bridgehead atoms. The van der Waals surface area contributed by atoms with E-state index in [9.17, 15) is 0 Å². The van der Waals surface area contributed by atoms with Crippen LogP contribution < -0.4 is 5.32 Å². The molecule has 0 aromatic carbocycles. The van der Waals surface area contributed by atoms with Gasteiger partial charge in [0, 0.05) is 5.54 Å². The molecule has 1 atom stereocenters. The Morgan fingerprint density at radius 1 is 1.45 bits per heavy atom. The van der Waals surface area contributed by atoms with E-state index in [2.05, 4.69) is 12.2 Å². The molecule has 1 aliphatic rings. The van der Waals surface area contributed by atoms with Crippen LogP contribution in [0.25, 0.3) is 0 Å². The standard InChI is InChI=1S/C7H15NO.C2H6/c1-2-7(6-9)4-3-5-8-7;1-2/h8-9H,2-6H2,1H3;1-2H3/t7-;/m1./s1. The summed E-state index contributed by atoms with van der Waals surface area (Å²) in [6.45, 7) is 7.49. The van der Waals surface area contributed by atoms with E-state index in [1.807, 2.05) is 13.8 Å². The molecule has 11 heavy (non-hydrogen) atoms. The fourth-order valence-electron chi connectivity index (χ4n) is 1.42. The van der Waals surface area contributed by atoms with E-state index in [0.717, 1.165) is 19.4 Å². The van der Waals surface area contributed by atoms with Crippen molar-refractivity contribution in [1.29, 1.82) is 0 Å². The predicted molar refractivity (Wildman–Crippen MR) is 48.7 cm³/mol. The Kier molecular flexibility index (Phi) is 5.51. The minimum absolute atomic E-state index is 0.0833. The fraction of sp³-hybridized carbons (Fsp3) is 1.00. The minimum Gasteiger partial charge on any atom is -0.394 e. The number of rotatable bonds is 2. The maximum absolute atomic E-state index is 8.95. The average molecular weight is 159 g/mol. The molecule has 0 saturated carbocycles. The third-order valence-electron chi connectivity index (χ3n) is 2.31. The smallest absolute Gasteiger partial charge is 0.0613 e. The molecular weight excluding hydrogens is 138 g/mol. The Balaban J connectivity index is 0.000000461. The van der Waals surface area contributed by atoms with Crippen LogP contribution in [0.3, 0.4) is 0 Å². The summed E-state index contributed by atoms with van der Waals surface area (Å²) in [7, 11) is 0. The van der Waals surface area contributed by atoms with Gasteiger partial charge in [-0.3, -0.25) is 0 Å². The van der Waals surface area contributed by atoms with Gasteiger partial charge in [0.25, 0.3) is 0 Å². The Morgan fingerprint density at radius 2 is 2.09 bits per heavy atom. The first-order valence-electron chi connectivity index (χ1n) is 4.69. The van der Waals surface area contributed by atoms with Gasteiger partial charge in [-0.05, 0) is 25.8 Å². The molecule has 0 unspecified atom stereocenters. The number of hydrogen-bond acceptors (Lipinski definition) is 2.